The van der Waals surface area contributed by atoms with E-state index in [0.717, 1.165) is 16.8 Å². The molecule has 1 aliphatic rings. The zero-order valence-electron chi connectivity index (χ0n) is 19.3. The summed E-state index contributed by atoms with van der Waals surface area (Å²) >= 11 is 0. The number of rotatable bonds is 5. The summed E-state index contributed by atoms with van der Waals surface area (Å²) in [6.45, 7) is 2.41. The highest BCUT2D eigenvalue weighted by atomic mass is 16.7. The van der Waals surface area contributed by atoms with E-state index in [1.54, 1.807) is 24.9 Å². The van der Waals surface area contributed by atoms with Crippen LogP contribution in [0, 0.1) is 6.92 Å². The Morgan fingerprint density at radius 1 is 1.14 bits per heavy atom. The molecule has 5 heterocycles. The summed E-state index contributed by atoms with van der Waals surface area (Å²) in [7, 11) is 0. The third kappa shape index (κ3) is 4.01. The van der Waals surface area contributed by atoms with E-state index in [4.69, 9.17) is 9.25 Å². The van der Waals surface area contributed by atoms with Crippen LogP contribution in [0.5, 0.6) is 0 Å². The fourth-order valence-electron chi connectivity index (χ4n) is 4.21. The molecule has 180 valence electrons. The number of carbonyl (C=O) groups is 1. The number of pyridine rings is 1. The van der Waals surface area contributed by atoms with Crippen molar-refractivity contribution < 1.29 is 14.0 Å². The van der Waals surface area contributed by atoms with E-state index in [9.17, 15) is 4.79 Å². The van der Waals surface area contributed by atoms with Gasteiger partial charge in [-0.15, -0.1) is 0 Å². The first-order chi connectivity index (χ1) is 17.7. The number of aryl methyl sites for hydroxylation is 1. The van der Waals surface area contributed by atoms with E-state index in [2.05, 4.69) is 35.6 Å². The molecule has 3 N–H and O–H groups in total. The number of nitrogens with one attached hydrogen (secondary N) is 3. The molecule has 36 heavy (non-hydrogen) atoms. The van der Waals surface area contributed by atoms with Gasteiger partial charge in [-0.25, -0.2) is 24.7 Å². The molecular formula is C25H22N8O3. The van der Waals surface area contributed by atoms with Gasteiger partial charge in [0.15, 0.2) is 5.65 Å². The minimum atomic E-state index is -0.371. The molecule has 11 heteroatoms. The van der Waals surface area contributed by atoms with Crippen molar-refractivity contribution in [3.05, 3.63) is 78.9 Å². The van der Waals surface area contributed by atoms with Crippen LogP contribution in [0.2, 0.25) is 0 Å². The predicted octanol–water partition coefficient (Wildman–Crippen LogP) is 4.97. The smallest absolute Gasteiger partial charge is 0.346 e. The summed E-state index contributed by atoms with van der Waals surface area (Å²) < 4.78 is 5.48. The number of nitrogens with zero attached hydrogens (tertiary/aromatic N) is 5. The lowest BCUT2D eigenvalue weighted by molar-refractivity contribution is -0.0861. The predicted molar refractivity (Wildman–Crippen MR) is 132 cm³/mol. The number of fused-ring (bicyclic) bond motifs is 1. The third-order valence-corrected chi connectivity index (χ3v) is 6.00. The van der Waals surface area contributed by atoms with Gasteiger partial charge in [0, 0.05) is 29.6 Å². The number of amides is 2. The Morgan fingerprint density at radius 3 is 2.97 bits per heavy atom. The molecule has 1 atom stereocenters. The number of carbonyl (C=O) groups excluding carboxylic acids is 1. The summed E-state index contributed by atoms with van der Waals surface area (Å²) in [5.41, 5.74) is 5.10. The fourth-order valence-corrected chi connectivity index (χ4v) is 4.21. The van der Waals surface area contributed by atoms with Gasteiger partial charge in [0.25, 0.3) is 0 Å². The first-order valence-electron chi connectivity index (χ1n) is 11.4. The lowest BCUT2D eigenvalue weighted by atomic mass is 10.1. The number of hydrogen-bond acceptors (Lipinski definition) is 8. The van der Waals surface area contributed by atoms with Crippen molar-refractivity contribution in [2.75, 3.05) is 17.2 Å². The number of urea groups is 1. The first-order valence-corrected chi connectivity index (χ1v) is 11.4. The highest BCUT2D eigenvalue weighted by molar-refractivity contribution is 5.92. The van der Waals surface area contributed by atoms with Crippen LogP contribution >= 0.6 is 0 Å². The molecule has 0 aliphatic carbocycles. The molecule has 5 aromatic rings. The highest BCUT2D eigenvalue weighted by Crippen LogP contribution is 2.33. The maximum absolute atomic E-state index is 13.0. The van der Waals surface area contributed by atoms with Crippen LogP contribution < -0.4 is 10.6 Å². The molecule has 4 aromatic heterocycles. The Hall–Kier alpha value is -4.77. The van der Waals surface area contributed by atoms with Crippen molar-refractivity contribution in [3.63, 3.8) is 0 Å². The maximum Gasteiger partial charge on any atom is 0.346 e. The molecule has 1 aliphatic heterocycles. The minimum Gasteiger partial charge on any atom is -0.467 e. The number of hydrogen-bond donors (Lipinski definition) is 3. The minimum absolute atomic E-state index is 0.272. The summed E-state index contributed by atoms with van der Waals surface area (Å²) in [6, 6.07) is 12.4. The molecule has 1 aromatic carbocycles. The molecule has 11 nitrogen and oxygen atoms in total. The molecular weight excluding hydrogens is 460 g/mol. The molecule has 0 unspecified atom stereocenters. The average molecular weight is 483 g/mol. The van der Waals surface area contributed by atoms with Crippen LogP contribution in [0.4, 0.5) is 22.0 Å². The van der Waals surface area contributed by atoms with Gasteiger partial charge in [-0.1, -0.05) is 6.07 Å². The molecule has 0 saturated carbocycles. The number of aromatic nitrogens is 5. The zero-order chi connectivity index (χ0) is 24.5. The van der Waals surface area contributed by atoms with Gasteiger partial charge in [0.05, 0.1) is 19.2 Å². The number of anilines is 3. The van der Waals surface area contributed by atoms with E-state index in [0.29, 0.717) is 47.2 Å². The summed E-state index contributed by atoms with van der Waals surface area (Å²) in [4.78, 5) is 39.2. The third-order valence-electron chi connectivity index (χ3n) is 6.00. The van der Waals surface area contributed by atoms with E-state index in [1.807, 2.05) is 43.3 Å². The van der Waals surface area contributed by atoms with Crippen molar-refractivity contribution in [1.29, 1.82) is 0 Å². The molecule has 2 amide bonds. The second-order valence-corrected chi connectivity index (χ2v) is 8.29. The SMILES string of the molecule is Cc1ccc(NC(=O)N2OCC[C@@H]2c2ccco2)cc1Nc1ncccc1-c1ncnc2[nH]cnc12. The summed E-state index contributed by atoms with van der Waals surface area (Å²) in [5.74, 6) is 1.29. The van der Waals surface area contributed by atoms with Crippen molar-refractivity contribution in [2.45, 2.75) is 19.4 Å². The fraction of sp³-hybridized carbons (Fsp3) is 0.160. The Kier molecular flexibility index (Phi) is 5.51. The van der Waals surface area contributed by atoms with Crippen molar-refractivity contribution in [3.8, 4) is 11.3 Å². The van der Waals surface area contributed by atoms with Gasteiger partial charge in [0.1, 0.15) is 35.2 Å². The monoisotopic (exact) mass is 482 g/mol. The normalized spacial score (nSPS) is 15.4. The average Bonchev–Trinajstić information content (AvgIpc) is 3.67. The highest BCUT2D eigenvalue weighted by Gasteiger charge is 2.33. The van der Waals surface area contributed by atoms with Crippen molar-refractivity contribution >= 4 is 34.4 Å². The van der Waals surface area contributed by atoms with Gasteiger partial charge in [-0.05, 0) is 48.9 Å². The van der Waals surface area contributed by atoms with Gasteiger partial charge in [0.2, 0.25) is 0 Å². The standard InChI is InChI=1S/C25H22N8O3/c1-15-6-7-16(31-25(34)33-19(8-11-36-33)20-5-3-10-35-20)12-18(15)32-23-17(4-2-9-26-23)21-22-24(29-13-27-21)30-14-28-22/h2-7,9-10,12-14,19H,8,11H2,1H3,(H,26,32)(H,31,34)(H,27,28,29,30)/t19-/m1/s1. The van der Waals surface area contributed by atoms with E-state index < -0.39 is 0 Å². The summed E-state index contributed by atoms with van der Waals surface area (Å²) in [5, 5.41) is 7.64. The van der Waals surface area contributed by atoms with Crippen LogP contribution in [0.25, 0.3) is 22.4 Å². The summed E-state index contributed by atoms with van der Waals surface area (Å²) in [6.07, 6.45) is 7.03. The van der Waals surface area contributed by atoms with Crippen molar-refractivity contribution in [1.82, 2.24) is 30.0 Å². The Labute approximate surface area is 205 Å². The van der Waals surface area contributed by atoms with Crippen LogP contribution in [0.15, 0.2) is 72.0 Å². The lowest BCUT2D eigenvalue weighted by Gasteiger charge is -2.21. The van der Waals surface area contributed by atoms with Gasteiger partial charge < -0.3 is 20.0 Å². The second-order valence-electron chi connectivity index (χ2n) is 8.29. The molecule has 1 fully saturated rings. The Bertz CT molecular complexity index is 1530. The largest absolute Gasteiger partial charge is 0.467 e. The number of benzene rings is 1. The lowest BCUT2D eigenvalue weighted by Crippen LogP contribution is -2.33. The van der Waals surface area contributed by atoms with Gasteiger partial charge in [-0.3, -0.25) is 4.84 Å². The quantitative estimate of drug-likeness (QED) is 0.320. The molecule has 0 spiro atoms. The topological polar surface area (TPSA) is 134 Å². The van der Waals surface area contributed by atoms with E-state index in [-0.39, 0.29) is 12.1 Å². The number of furan rings is 1. The van der Waals surface area contributed by atoms with Gasteiger partial charge >= 0.3 is 6.03 Å². The maximum atomic E-state index is 13.0. The van der Waals surface area contributed by atoms with Gasteiger partial charge in [-0.2, -0.15) is 5.06 Å². The second kappa shape index (κ2) is 9.12. The van der Waals surface area contributed by atoms with Crippen LogP contribution in [0.1, 0.15) is 23.8 Å². The molecule has 0 bridgehead atoms. The van der Waals surface area contributed by atoms with Crippen LogP contribution in [-0.4, -0.2) is 42.6 Å². The Morgan fingerprint density at radius 2 is 2.08 bits per heavy atom. The molecule has 6 rings (SSSR count). The molecule has 0 radical (unpaired) electrons. The zero-order valence-corrected chi connectivity index (χ0v) is 19.3. The van der Waals surface area contributed by atoms with Crippen LogP contribution in [0.3, 0.4) is 0 Å². The molecule has 1 saturated heterocycles. The van der Waals surface area contributed by atoms with E-state index in [1.165, 1.54) is 11.4 Å². The first kappa shape index (κ1) is 21.7. The Balaban J connectivity index is 1.26. The number of hydroxylamine groups is 2. The van der Waals surface area contributed by atoms with Crippen LogP contribution in [-0.2, 0) is 4.84 Å². The van der Waals surface area contributed by atoms with Crippen molar-refractivity contribution in [2.24, 2.45) is 0 Å². The van der Waals surface area contributed by atoms with E-state index >= 15 is 0 Å². The number of H-pyrrole nitrogens is 1. The number of aromatic amines is 1. The number of imidazole rings is 1.